The lowest BCUT2D eigenvalue weighted by molar-refractivity contribution is 0.324. The van der Waals surface area contributed by atoms with Crippen LogP contribution in [0.25, 0.3) is 0 Å². The summed E-state index contributed by atoms with van der Waals surface area (Å²) in [7, 11) is 1.80. The van der Waals surface area contributed by atoms with Gasteiger partial charge in [0.15, 0.2) is 5.96 Å². The molecule has 138 valence electrons. The van der Waals surface area contributed by atoms with Gasteiger partial charge in [-0.3, -0.25) is 4.99 Å². The van der Waals surface area contributed by atoms with Crippen molar-refractivity contribution in [1.29, 1.82) is 0 Å². The van der Waals surface area contributed by atoms with Gasteiger partial charge in [0.1, 0.15) is 5.82 Å². The quantitative estimate of drug-likeness (QED) is 0.589. The molecule has 25 heavy (non-hydrogen) atoms. The fraction of sp³-hybridized carbons (Fsp3) is 0.650. The maximum Gasteiger partial charge on any atom is 0.191 e. The molecule has 2 N–H and O–H groups in total. The zero-order chi connectivity index (χ0) is 17.7. The number of likely N-dealkylation sites (tertiary alicyclic amines) is 1. The Morgan fingerprint density at radius 1 is 1.32 bits per heavy atom. The highest BCUT2D eigenvalue weighted by Crippen LogP contribution is 2.48. The lowest BCUT2D eigenvalue weighted by atomic mass is 9.95. The highest BCUT2D eigenvalue weighted by atomic mass is 19.1. The van der Waals surface area contributed by atoms with E-state index in [0.29, 0.717) is 5.92 Å². The van der Waals surface area contributed by atoms with E-state index in [0.717, 1.165) is 37.5 Å². The lowest BCUT2D eigenvalue weighted by Crippen LogP contribution is -2.43. The number of aliphatic imine (C=N–C) groups is 1. The van der Waals surface area contributed by atoms with Gasteiger partial charge in [-0.2, -0.15) is 0 Å². The van der Waals surface area contributed by atoms with Gasteiger partial charge in [-0.05, 0) is 56.3 Å². The molecule has 1 heterocycles. The Kier molecular flexibility index (Phi) is 5.94. The number of guanidine groups is 1. The summed E-state index contributed by atoms with van der Waals surface area (Å²) in [6, 6.07) is 7.16. The molecule has 1 aromatic rings. The molecule has 1 aromatic carbocycles. The van der Waals surface area contributed by atoms with Crippen LogP contribution in [0.5, 0.6) is 0 Å². The zero-order valence-electron chi connectivity index (χ0n) is 15.5. The van der Waals surface area contributed by atoms with Crippen LogP contribution in [0.4, 0.5) is 4.39 Å². The van der Waals surface area contributed by atoms with Crippen molar-refractivity contribution in [2.45, 2.75) is 38.0 Å². The topological polar surface area (TPSA) is 39.7 Å². The molecule has 0 bridgehead atoms. The van der Waals surface area contributed by atoms with E-state index in [1.807, 2.05) is 12.1 Å². The first-order valence-corrected chi connectivity index (χ1v) is 9.59. The summed E-state index contributed by atoms with van der Waals surface area (Å²) in [5, 5.41) is 6.88. The van der Waals surface area contributed by atoms with Crippen LogP contribution in [0.15, 0.2) is 29.3 Å². The van der Waals surface area contributed by atoms with E-state index in [4.69, 9.17) is 0 Å². The van der Waals surface area contributed by atoms with Gasteiger partial charge in [0.05, 0.1) is 0 Å². The first kappa shape index (κ1) is 18.2. The van der Waals surface area contributed by atoms with E-state index in [9.17, 15) is 4.39 Å². The highest BCUT2D eigenvalue weighted by Gasteiger charge is 2.45. The van der Waals surface area contributed by atoms with Crippen LogP contribution in [-0.4, -0.2) is 50.6 Å². The fourth-order valence-electron chi connectivity index (χ4n) is 3.90. The van der Waals surface area contributed by atoms with Gasteiger partial charge >= 0.3 is 0 Å². The molecule has 1 saturated carbocycles. The maximum atomic E-state index is 14.1. The molecule has 1 saturated heterocycles. The average Bonchev–Trinajstić information content (AvgIpc) is 3.27. The van der Waals surface area contributed by atoms with E-state index in [1.165, 1.54) is 32.5 Å². The predicted octanol–water partition coefficient (Wildman–Crippen LogP) is 2.75. The Balaban J connectivity index is 1.47. The molecular weight excluding hydrogens is 315 g/mol. The number of nitrogens with one attached hydrogen (secondary N) is 2. The first-order chi connectivity index (χ1) is 12.2. The van der Waals surface area contributed by atoms with Crippen molar-refractivity contribution < 1.29 is 4.39 Å². The molecule has 1 aliphatic carbocycles. The largest absolute Gasteiger partial charge is 0.356 e. The molecule has 0 aromatic heterocycles. The highest BCUT2D eigenvalue weighted by molar-refractivity contribution is 5.79. The van der Waals surface area contributed by atoms with E-state index >= 15 is 0 Å². The van der Waals surface area contributed by atoms with Gasteiger partial charge in [0.25, 0.3) is 0 Å². The normalized spacial score (nSPS) is 22.8. The molecule has 0 spiro atoms. The smallest absolute Gasteiger partial charge is 0.191 e. The molecule has 4 nitrogen and oxygen atoms in total. The molecule has 0 amide bonds. The summed E-state index contributed by atoms with van der Waals surface area (Å²) in [6.45, 7) is 7.52. The molecular formula is C20H31FN4. The van der Waals surface area contributed by atoms with Crippen molar-refractivity contribution in [1.82, 2.24) is 15.5 Å². The Bertz CT molecular complexity index is 597. The number of halogens is 1. The first-order valence-electron chi connectivity index (χ1n) is 9.59. The third kappa shape index (κ3) is 4.51. The van der Waals surface area contributed by atoms with Crippen LogP contribution >= 0.6 is 0 Å². The van der Waals surface area contributed by atoms with E-state index in [2.05, 4.69) is 27.4 Å². The third-order valence-corrected chi connectivity index (χ3v) is 5.58. The average molecular weight is 346 g/mol. The van der Waals surface area contributed by atoms with Crippen LogP contribution in [0.3, 0.4) is 0 Å². The SMILES string of the molecule is CCCN1CCC(CNC(=NC)NCC2(c3ccccc3F)CC2)C1. The number of hydrogen-bond donors (Lipinski definition) is 2. The lowest BCUT2D eigenvalue weighted by Gasteiger charge is -2.21. The predicted molar refractivity (Wildman–Crippen MR) is 102 cm³/mol. The third-order valence-electron chi connectivity index (χ3n) is 5.58. The second-order valence-corrected chi connectivity index (χ2v) is 7.52. The summed E-state index contributed by atoms with van der Waals surface area (Å²) in [4.78, 5) is 6.88. The van der Waals surface area contributed by atoms with Gasteiger partial charge < -0.3 is 15.5 Å². The van der Waals surface area contributed by atoms with Crippen LogP contribution in [0, 0.1) is 11.7 Å². The standard InChI is InChI=1S/C20H31FN4/c1-3-11-25-12-8-16(14-25)13-23-19(22-2)24-15-20(9-10-20)17-6-4-5-7-18(17)21/h4-7,16H,3,8-15H2,1-2H3,(H2,22,23,24). The monoisotopic (exact) mass is 346 g/mol. The number of nitrogens with zero attached hydrogens (tertiary/aromatic N) is 2. The number of rotatable bonds is 7. The van der Waals surface area contributed by atoms with Crippen LogP contribution in [-0.2, 0) is 5.41 Å². The number of benzene rings is 1. The number of hydrogen-bond acceptors (Lipinski definition) is 2. The van der Waals surface area contributed by atoms with Crippen molar-refractivity contribution in [3.05, 3.63) is 35.6 Å². The van der Waals surface area contributed by atoms with Gasteiger partial charge in [-0.25, -0.2) is 4.39 Å². The van der Waals surface area contributed by atoms with E-state index < -0.39 is 0 Å². The summed E-state index contributed by atoms with van der Waals surface area (Å²) in [6.07, 6.45) is 4.55. The summed E-state index contributed by atoms with van der Waals surface area (Å²) < 4.78 is 14.1. The van der Waals surface area contributed by atoms with Crippen LogP contribution < -0.4 is 10.6 Å². The molecule has 1 unspecified atom stereocenters. The minimum absolute atomic E-state index is 0.0613. The molecule has 5 heteroatoms. The van der Waals surface area contributed by atoms with Crippen molar-refractivity contribution in [3.63, 3.8) is 0 Å². The Labute approximate surface area is 150 Å². The van der Waals surface area contributed by atoms with Gasteiger partial charge in [0.2, 0.25) is 0 Å². The van der Waals surface area contributed by atoms with Gasteiger partial charge in [-0.1, -0.05) is 25.1 Å². The second kappa shape index (κ2) is 8.17. The second-order valence-electron chi connectivity index (χ2n) is 7.52. The minimum Gasteiger partial charge on any atom is -0.356 e. The van der Waals surface area contributed by atoms with E-state index in [-0.39, 0.29) is 11.2 Å². The Hall–Kier alpha value is -1.62. The van der Waals surface area contributed by atoms with Crippen LogP contribution in [0.1, 0.15) is 38.2 Å². The van der Waals surface area contributed by atoms with Crippen molar-refractivity contribution in [2.75, 3.05) is 39.8 Å². The molecule has 0 radical (unpaired) electrons. The summed E-state index contributed by atoms with van der Waals surface area (Å²) >= 11 is 0. The summed E-state index contributed by atoms with van der Waals surface area (Å²) in [5.41, 5.74) is 0.776. The van der Waals surface area contributed by atoms with Crippen molar-refractivity contribution in [2.24, 2.45) is 10.9 Å². The maximum absolute atomic E-state index is 14.1. The zero-order valence-corrected chi connectivity index (χ0v) is 15.5. The Morgan fingerprint density at radius 3 is 2.80 bits per heavy atom. The van der Waals surface area contributed by atoms with Gasteiger partial charge in [0, 0.05) is 32.1 Å². The van der Waals surface area contributed by atoms with Crippen molar-refractivity contribution >= 4 is 5.96 Å². The fourth-order valence-corrected chi connectivity index (χ4v) is 3.90. The molecule has 1 aliphatic heterocycles. The summed E-state index contributed by atoms with van der Waals surface area (Å²) in [5.74, 6) is 1.43. The molecule has 3 rings (SSSR count). The van der Waals surface area contributed by atoms with E-state index in [1.54, 1.807) is 19.2 Å². The molecule has 2 fully saturated rings. The van der Waals surface area contributed by atoms with Gasteiger partial charge in [-0.15, -0.1) is 0 Å². The molecule has 1 atom stereocenters. The minimum atomic E-state index is -0.0910. The Morgan fingerprint density at radius 2 is 2.12 bits per heavy atom. The van der Waals surface area contributed by atoms with Crippen molar-refractivity contribution in [3.8, 4) is 0 Å². The van der Waals surface area contributed by atoms with Crippen LogP contribution in [0.2, 0.25) is 0 Å². The molecule has 2 aliphatic rings.